The second-order valence-corrected chi connectivity index (χ2v) is 7.92. The van der Waals surface area contributed by atoms with Gasteiger partial charge in [-0.15, -0.1) is 0 Å². The smallest absolute Gasteiger partial charge is 0.158 e. The van der Waals surface area contributed by atoms with Crippen LogP contribution in [0.15, 0.2) is 18.2 Å². The van der Waals surface area contributed by atoms with Crippen molar-refractivity contribution in [1.29, 1.82) is 0 Å². The van der Waals surface area contributed by atoms with Gasteiger partial charge in [-0.2, -0.15) is 0 Å². The quantitative estimate of drug-likeness (QED) is 0.924. The number of benzene rings is 1. The van der Waals surface area contributed by atoms with Gasteiger partial charge in [0.25, 0.3) is 0 Å². The van der Waals surface area contributed by atoms with Crippen LogP contribution < -0.4 is 0 Å². The van der Waals surface area contributed by atoms with E-state index in [9.17, 15) is 5.11 Å². The molecule has 3 aliphatic rings. The minimum Gasteiger partial charge on any atom is -0.508 e. The molecule has 0 saturated carbocycles. The minimum absolute atomic E-state index is 0.0183. The summed E-state index contributed by atoms with van der Waals surface area (Å²) in [6.45, 7) is 8.60. The first kappa shape index (κ1) is 16.4. The molecular weight excluding hydrogens is 302 g/mol. The topological polar surface area (TPSA) is 41.9 Å². The van der Waals surface area contributed by atoms with E-state index in [0.29, 0.717) is 17.7 Å². The van der Waals surface area contributed by atoms with Crippen LogP contribution in [0.4, 0.5) is 0 Å². The molecule has 0 amide bonds. The normalized spacial score (nSPS) is 34.1. The molecule has 1 N–H and O–H groups in total. The zero-order valence-electron chi connectivity index (χ0n) is 14.8. The molecule has 4 rings (SSSR count). The maximum atomic E-state index is 9.93. The van der Waals surface area contributed by atoms with Gasteiger partial charge < -0.3 is 14.6 Å². The second-order valence-electron chi connectivity index (χ2n) is 7.92. The van der Waals surface area contributed by atoms with E-state index in [4.69, 9.17) is 9.47 Å². The SMILES string of the molecule is C[C@H]1[C@@H]2Cc3ccc(O)cc3[C@]1(C)CCN2CCC1OCCCO1. The Morgan fingerprint density at radius 2 is 2.08 bits per heavy atom. The number of hydrogen-bond donors (Lipinski definition) is 1. The number of aromatic hydroxyl groups is 1. The van der Waals surface area contributed by atoms with Gasteiger partial charge in [0.15, 0.2) is 6.29 Å². The summed E-state index contributed by atoms with van der Waals surface area (Å²) in [5.41, 5.74) is 2.95. The molecule has 1 aliphatic carbocycles. The van der Waals surface area contributed by atoms with Crippen molar-refractivity contribution in [2.45, 2.75) is 57.3 Å². The molecule has 0 spiro atoms. The fourth-order valence-corrected chi connectivity index (χ4v) is 4.95. The van der Waals surface area contributed by atoms with Crippen molar-refractivity contribution in [3.63, 3.8) is 0 Å². The molecule has 24 heavy (non-hydrogen) atoms. The largest absolute Gasteiger partial charge is 0.508 e. The zero-order chi connectivity index (χ0) is 16.7. The van der Waals surface area contributed by atoms with E-state index in [1.165, 1.54) is 11.1 Å². The van der Waals surface area contributed by atoms with E-state index in [1.807, 2.05) is 12.1 Å². The fraction of sp³-hybridized carbons (Fsp3) is 0.700. The molecule has 0 aromatic heterocycles. The summed E-state index contributed by atoms with van der Waals surface area (Å²) in [5.74, 6) is 0.989. The number of nitrogens with zero attached hydrogens (tertiary/aromatic N) is 1. The molecule has 2 aliphatic heterocycles. The second kappa shape index (κ2) is 6.32. The van der Waals surface area contributed by atoms with Crippen molar-refractivity contribution in [2.24, 2.45) is 5.92 Å². The Bertz CT molecular complexity index is 599. The van der Waals surface area contributed by atoms with Gasteiger partial charge in [0.05, 0.1) is 13.2 Å². The van der Waals surface area contributed by atoms with Gasteiger partial charge in [-0.1, -0.05) is 19.9 Å². The van der Waals surface area contributed by atoms with Gasteiger partial charge in [-0.05, 0) is 60.4 Å². The Balaban J connectivity index is 1.50. The molecular formula is C20H29NO3. The van der Waals surface area contributed by atoms with E-state index in [0.717, 1.165) is 52.0 Å². The highest BCUT2D eigenvalue weighted by Crippen LogP contribution is 2.49. The maximum absolute atomic E-state index is 9.93. The number of likely N-dealkylation sites (tertiary alicyclic amines) is 1. The third-order valence-corrected chi connectivity index (χ3v) is 6.66. The van der Waals surface area contributed by atoms with Crippen molar-refractivity contribution in [3.8, 4) is 5.75 Å². The van der Waals surface area contributed by atoms with Gasteiger partial charge in [0, 0.05) is 19.0 Å². The van der Waals surface area contributed by atoms with E-state index in [1.54, 1.807) is 0 Å². The number of phenolic OH excluding ortho intramolecular Hbond substituents is 1. The van der Waals surface area contributed by atoms with E-state index < -0.39 is 0 Å². The van der Waals surface area contributed by atoms with E-state index >= 15 is 0 Å². The van der Waals surface area contributed by atoms with Crippen LogP contribution in [0.1, 0.15) is 44.2 Å². The summed E-state index contributed by atoms with van der Waals surface area (Å²) in [4.78, 5) is 2.64. The van der Waals surface area contributed by atoms with Gasteiger partial charge in [-0.3, -0.25) is 4.90 Å². The third kappa shape index (κ3) is 2.75. The van der Waals surface area contributed by atoms with Crippen LogP contribution in [0.5, 0.6) is 5.75 Å². The fourth-order valence-electron chi connectivity index (χ4n) is 4.95. The molecule has 1 aromatic rings. The van der Waals surface area contributed by atoms with Crippen molar-refractivity contribution in [3.05, 3.63) is 29.3 Å². The lowest BCUT2D eigenvalue weighted by Crippen LogP contribution is -2.58. The maximum Gasteiger partial charge on any atom is 0.158 e. The molecule has 132 valence electrons. The summed E-state index contributed by atoms with van der Waals surface area (Å²) < 4.78 is 11.4. The third-order valence-electron chi connectivity index (χ3n) is 6.66. The van der Waals surface area contributed by atoms with Crippen molar-refractivity contribution < 1.29 is 14.6 Å². The highest BCUT2D eigenvalue weighted by Gasteiger charge is 2.48. The number of phenols is 1. The highest BCUT2D eigenvalue weighted by molar-refractivity contribution is 5.44. The van der Waals surface area contributed by atoms with Crippen LogP contribution in [0, 0.1) is 5.92 Å². The Morgan fingerprint density at radius 3 is 2.88 bits per heavy atom. The number of piperidine rings is 1. The van der Waals surface area contributed by atoms with Gasteiger partial charge in [0.1, 0.15) is 5.75 Å². The van der Waals surface area contributed by atoms with Crippen LogP contribution in [-0.2, 0) is 21.3 Å². The molecule has 3 atom stereocenters. The molecule has 2 heterocycles. The Kier molecular flexibility index (Phi) is 4.31. The standard InChI is InChI=1S/C20H29NO3/c1-14-18-12-15-4-5-16(22)13-17(15)20(14,2)7-9-21(18)8-6-19-23-10-3-11-24-19/h4-5,13-14,18-19,22H,3,6-12H2,1-2H3/t14-,18-,20+/m0/s1. The Morgan fingerprint density at radius 1 is 1.29 bits per heavy atom. The van der Waals surface area contributed by atoms with E-state index in [2.05, 4.69) is 24.8 Å². The molecule has 4 nitrogen and oxygen atoms in total. The molecule has 1 aromatic carbocycles. The van der Waals surface area contributed by atoms with Gasteiger partial charge in [0.2, 0.25) is 0 Å². The number of ether oxygens (including phenoxy) is 2. The molecule has 2 saturated heterocycles. The molecule has 2 fully saturated rings. The highest BCUT2D eigenvalue weighted by atomic mass is 16.7. The lowest BCUT2D eigenvalue weighted by Gasteiger charge is -2.54. The number of fused-ring (bicyclic) bond motifs is 4. The first-order valence-corrected chi connectivity index (χ1v) is 9.37. The van der Waals surface area contributed by atoms with Crippen LogP contribution >= 0.6 is 0 Å². The summed E-state index contributed by atoms with van der Waals surface area (Å²) in [7, 11) is 0. The lowest BCUT2D eigenvalue weighted by molar-refractivity contribution is -0.184. The van der Waals surface area contributed by atoms with Crippen LogP contribution in [0.25, 0.3) is 0 Å². The van der Waals surface area contributed by atoms with Crippen molar-refractivity contribution >= 4 is 0 Å². The minimum atomic E-state index is -0.0183. The van der Waals surface area contributed by atoms with Crippen LogP contribution in [-0.4, -0.2) is 48.6 Å². The molecule has 2 bridgehead atoms. The molecule has 4 heteroatoms. The summed E-state index contributed by atoms with van der Waals surface area (Å²) in [5, 5.41) is 9.93. The first-order valence-electron chi connectivity index (χ1n) is 9.37. The van der Waals surface area contributed by atoms with E-state index in [-0.39, 0.29) is 11.7 Å². The molecule has 0 unspecified atom stereocenters. The first-order chi connectivity index (χ1) is 11.6. The van der Waals surface area contributed by atoms with Gasteiger partial charge >= 0.3 is 0 Å². The average molecular weight is 331 g/mol. The average Bonchev–Trinajstić information content (AvgIpc) is 2.59. The monoisotopic (exact) mass is 331 g/mol. The predicted octanol–water partition coefficient (Wildman–Crippen LogP) is 3.07. The van der Waals surface area contributed by atoms with Crippen molar-refractivity contribution in [1.82, 2.24) is 4.90 Å². The molecule has 0 radical (unpaired) electrons. The van der Waals surface area contributed by atoms with Crippen LogP contribution in [0.3, 0.4) is 0 Å². The summed E-state index contributed by atoms with van der Waals surface area (Å²) in [6, 6.07) is 6.53. The zero-order valence-corrected chi connectivity index (χ0v) is 14.8. The summed E-state index contributed by atoms with van der Waals surface area (Å²) in [6.07, 6.45) is 4.19. The number of hydrogen-bond acceptors (Lipinski definition) is 4. The summed E-state index contributed by atoms with van der Waals surface area (Å²) >= 11 is 0. The number of rotatable bonds is 3. The van der Waals surface area contributed by atoms with Crippen molar-refractivity contribution in [2.75, 3.05) is 26.3 Å². The van der Waals surface area contributed by atoms with Gasteiger partial charge in [-0.25, -0.2) is 0 Å². The predicted molar refractivity (Wildman–Crippen MR) is 93.2 cm³/mol. The Labute approximate surface area is 144 Å². The lowest BCUT2D eigenvalue weighted by atomic mass is 9.59. The van der Waals surface area contributed by atoms with Crippen LogP contribution in [0.2, 0.25) is 0 Å². The Hall–Kier alpha value is -1.10.